The van der Waals surface area contributed by atoms with Gasteiger partial charge in [-0.15, -0.1) is 0 Å². The van der Waals surface area contributed by atoms with E-state index < -0.39 is 9.84 Å². The Morgan fingerprint density at radius 2 is 1.89 bits per heavy atom. The maximum absolute atomic E-state index is 11.1. The number of hydrazine groups is 1. The van der Waals surface area contributed by atoms with Crippen molar-refractivity contribution in [3.63, 3.8) is 0 Å². The van der Waals surface area contributed by atoms with Crippen molar-refractivity contribution in [2.45, 2.75) is 51.9 Å². The third-order valence-electron chi connectivity index (χ3n) is 4.03. The molecule has 3 N–H and O–H groups in total. The normalized spacial score (nSPS) is 34.7. The summed E-state index contributed by atoms with van der Waals surface area (Å²) in [7, 11) is -2.89. The molecule has 0 aromatic heterocycles. The van der Waals surface area contributed by atoms with E-state index in [2.05, 4.69) is 26.2 Å². The Hall–Kier alpha value is -0.170. The predicted molar refractivity (Wildman–Crippen MR) is 72.7 cm³/mol. The fourth-order valence-electron chi connectivity index (χ4n) is 2.94. The molecule has 0 aromatic carbocycles. The summed E-state index contributed by atoms with van der Waals surface area (Å²) < 4.78 is 28.1. The number of hydrogen-bond donors (Lipinski definition) is 2. The Balaban J connectivity index is 2.55. The number of hydrogen-bond acceptors (Lipinski definition) is 5. The van der Waals surface area contributed by atoms with Crippen molar-refractivity contribution >= 4 is 9.84 Å². The SMILES string of the molecule is CC1OC(C)C(C(CCCS(C)(=O)=O)NN)C1C. The van der Waals surface area contributed by atoms with E-state index in [0.29, 0.717) is 18.3 Å². The molecule has 5 unspecified atom stereocenters. The van der Waals surface area contributed by atoms with Gasteiger partial charge in [0, 0.05) is 24.0 Å². The van der Waals surface area contributed by atoms with E-state index in [4.69, 9.17) is 10.6 Å². The molecule has 0 aliphatic carbocycles. The maximum Gasteiger partial charge on any atom is 0.147 e. The summed E-state index contributed by atoms with van der Waals surface area (Å²) in [4.78, 5) is 0. The molecule has 1 fully saturated rings. The fourth-order valence-corrected chi connectivity index (χ4v) is 3.63. The Labute approximate surface area is 110 Å². The lowest BCUT2D eigenvalue weighted by Gasteiger charge is -2.28. The summed E-state index contributed by atoms with van der Waals surface area (Å²) in [6.45, 7) is 6.30. The molecule has 0 aromatic rings. The zero-order chi connectivity index (χ0) is 13.9. The second-order valence-electron chi connectivity index (χ2n) is 5.53. The highest BCUT2D eigenvalue weighted by Gasteiger charge is 2.41. The number of nitrogens with one attached hydrogen (secondary N) is 1. The van der Waals surface area contributed by atoms with Gasteiger partial charge in [0.15, 0.2) is 0 Å². The van der Waals surface area contributed by atoms with Crippen LogP contribution in [0.3, 0.4) is 0 Å². The predicted octanol–water partition coefficient (Wildman–Crippen LogP) is 0.703. The van der Waals surface area contributed by atoms with E-state index in [-0.39, 0.29) is 24.0 Å². The zero-order valence-corrected chi connectivity index (χ0v) is 12.5. The smallest absolute Gasteiger partial charge is 0.147 e. The Bertz CT molecular complexity index is 358. The molecule has 0 amide bonds. The third-order valence-corrected chi connectivity index (χ3v) is 5.06. The first-order valence-corrected chi connectivity index (χ1v) is 8.61. The third kappa shape index (κ3) is 4.19. The van der Waals surface area contributed by atoms with Crippen LogP contribution < -0.4 is 11.3 Å². The lowest BCUT2D eigenvalue weighted by Crippen LogP contribution is -2.45. The minimum atomic E-state index is -2.89. The average Bonchev–Trinajstić information content (AvgIpc) is 2.48. The van der Waals surface area contributed by atoms with Gasteiger partial charge in [-0.2, -0.15) is 0 Å². The summed E-state index contributed by atoms with van der Waals surface area (Å²) in [6, 6.07) is 0.113. The summed E-state index contributed by atoms with van der Waals surface area (Å²) in [5.41, 5.74) is 2.84. The highest BCUT2D eigenvalue weighted by molar-refractivity contribution is 7.90. The summed E-state index contributed by atoms with van der Waals surface area (Å²) in [5.74, 6) is 6.60. The van der Waals surface area contributed by atoms with E-state index in [1.165, 1.54) is 6.26 Å². The highest BCUT2D eigenvalue weighted by Crippen LogP contribution is 2.35. The first kappa shape index (κ1) is 15.9. The van der Waals surface area contributed by atoms with Crippen molar-refractivity contribution in [2.24, 2.45) is 17.7 Å². The molecule has 6 heteroatoms. The van der Waals surface area contributed by atoms with Crippen molar-refractivity contribution in [1.82, 2.24) is 5.43 Å². The largest absolute Gasteiger partial charge is 0.375 e. The average molecular weight is 278 g/mol. The van der Waals surface area contributed by atoms with Crippen LogP contribution in [0.25, 0.3) is 0 Å². The van der Waals surface area contributed by atoms with Gasteiger partial charge in [-0.3, -0.25) is 11.3 Å². The molecule has 108 valence electrons. The van der Waals surface area contributed by atoms with Crippen LogP contribution in [0.4, 0.5) is 0 Å². The van der Waals surface area contributed by atoms with Crippen molar-refractivity contribution < 1.29 is 13.2 Å². The van der Waals surface area contributed by atoms with Crippen LogP contribution in [0.15, 0.2) is 0 Å². The van der Waals surface area contributed by atoms with Crippen LogP contribution in [0.5, 0.6) is 0 Å². The van der Waals surface area contributed by atoms with E-state index in [9.17, 15) is 8.42 Å². The molecule has 18 heavy (non-hydrogen) atoms. The summed E-state index contributed by atoms with van der Waals surface area (Å²) >= 11 is 0. The van der Waals surface area contributed by atoms with Crippen LogP contribution >= 0.6 is 0 Å². The van der Waals surface area contributed by atoms with E-state index in [1.807, 2.05) is 0 Å². The van der Waals surface area contributed by atoms with Crippen molar-refractivity contribution in [2.75, 3.05) is 12.0 Å². The van der Waals surface area contributed by atoms with Crippen molar-refractivity contribution in [1.29, 1.82) is 0 Å². The molecule has 1 aliphatic heterocycles. The maximum atomic E-state index is 11.1. The van der Waals surface area contributed by atoms with Gasteiger partial charge >= 0.3 is 0 Å². The van der Waals surface area contributed by atoms with Crippen LogP contribution in [-0.4, -0.2) is 38.7 Å². The second-order valence-corrected chi connectivity index (χ2v) is 7.79. The molecule has 0 bridgehead atoms. The zero-order valence-electron chi connectivity index (χ0n) is 11.7. The highest BCUT2D eigenvalue weighted by atomic mass is 32.2. The molecule has 5 nitrogen and oxygen atoms in total. The summed E-state index contributed by atoms with van der Waals surface area (Å²) in [5, 5.41) is 0. The van der Waals surface area contributed by atoms with Gasteiger partial charge in [0.25, 0.3) is 0 Å². The van der Waals surface area contributed by atoms with Gasteiger partial charge in [0.1, 0.15) is 9.84 Å². The minimum absolute atomic E-state index is 0.113. The first-order valence-electron chi connectivity index (χ1n) is 6.55. The van der Waals surface area contributed by atoms with Gasteiger partial charge in [-0.25, -0.2) is 8.42 Å². The van der Waals surface area contributed by atoms with Gasteiger partial charge in [0.05, 0.1) is 12.2 Å². The van der Waals surface area contributed by atoms with Crippen LogP contribution in [0.2, 0.25) is 0 Å². The Kier molecular flexibility index (Phi) is 5.58. The molecule has 0 spiro atoms. The summed E-state index contributed by atoms with van der Waals surface area (Å²) in [6.07, 6.45) is 3.06. The topological polar surface area (TPSA) is 81.4 Å². The van der Waals surface area contributed by atoms with Crippen LogP contribution in [0.1, 0.15) is 33.6 Å². The Morgan fingerprint density at radius 3 is 2.28 bits per heavy atom. The van der Waals surface area contributed by atoms with Gasteiger partial charge in [0.2, 0.25) is 0 Å². The van der Waals surface area contributed by atoms with Crippen molar-refractivity contribution in [3.05, 3.63) is 0 Å². The first-order chi connectivity index (χ1) is 8.26. The molecule has 1 heterocycles. The van der Waals surface area contributed by atoms with Crippen LogP contribution in [-0.2, 0) is 14.6 Å². The standard InChI is InChI=1S/C12H26N2O3S/c1-8-9(2)17-10(3)12(8)11(14-13)6-5-7-18(4,15)16/h8-12,14H,5-7,13H2,1-4H3. The number of sulfone groups is 1. The second kappa shape index (κ2) is 6.32. The van der Waals surface area contributed by atoms with Gasteiger partial charge < -0.3 is 4.74 Å². The van der Waals surface area contributed by atoms with Gasteiger partial charge in [-0.05, 0) is 32.6 Å². The monoisotopic (exact) mass is 278 g/mol. The molecule has 1 aliphatic rings. The Morgan fingerprint density at radius 1 is 1.28 bits per heavy atom. The molecule has 0 saturated carbocycles. The number of ether oxygens (including phenoxy) is 1. The lowest BCUT2D eigenvalue weighted by molar-refractivity contribution is 0.0472. The van der Waals surface area contributed by atoms with Crippen LogP contribution in [0, 0.1) is 11.8 Å². The molecule has 1 rings (SSSR count). The quantitative estimate of drug-likeness (QED) is 0.552. The molecule has 5 atom stereocenters. The number of nitrogens with two attached hydrogens (primary N) is 1. The van der Waals surface area contributed by atoms with Crippen molar-refractivity contribution in [3.8, 4) is 0 Å². The lowest BCUT2D eigenvalue weighted by atomic mass is 9.82. The fraction of sp³-hybridized carbons (Fsp3) is 1.00. The van der Waals surface area contributed by atoms with E-state index in [1.54, 1.807) is 0 Å². The molecular formula is C12H26N2O3S. The van der Waals surface area contributed by atoms with Gasteiger partial charge in [-0.1, -0.05) is 6.92 Å². The molecular weight excluding hydrogens is 252 g/mol. The van der Waals surface area contributed by atoms with E-state index in [0.717, 1.165) is 6.42 Å². The van der Waals surface area contributed by atoms with E-state index >= 15 is 0 Å². The minimum Gasteiger partial charge on any atom is -0.375 e. The molecule has 1 saturated heterocycles. The number of rotatable bonds is 6. The molecule has 0 radical (unpaired) electrons.